The molecular weight excluding hydrogens is 250 g/mol. The van der Waals surface area contributed by atoms with Crippen LogP contribution in [0.5, 0.6) is 0 Å². The van der Waals surface area contributed by atoms with Gasteiger partial charge >= 0.3 is 0 Å². The molecular formula is C16H17N3O. The highest BCUT2D eigenvalue weighted by atomic mass is 16.3. The van der Waals surface area contributed by atoms with Gasteiger partial charge in [-0.1, -0.05) is 18.2 Å². The minimum Gasteiger partial charge on any atom is -0.464 e. The average molecular weight is 267 g/mol. The third-order valence-corrected chi connectivity index (χ3v) is 4.18. The van der Waals surface area contributed by atoms with Gasteiger partial charge in [-0.15, -0.1) is 0 Å². The van der Waals surface area contributed by atoms with Crippen molar-refractivity contribution in [1.29, 1.82) is 0 Å². The van der Waals surface area contributed by atoms with Gasteiger partial charge in [-0.05, 0) is 19.4 Å². The first kappa shape index (κ1) is 11.7. The van der Waals surface area contributed by atoms with Crippen LogP contribution in [-0.2, 0) is 13.0 Å². The van der Waals surface area contributed by atoms with Crippen LogP contribution in [0.4, 0.5) is 0 Å². The fourth-order valence-electron chi connectivity index (χ4n) is 3.14. The summed E-state index contributed by atoms with van der Waals surface area (Å²) in [6.07, 6.45) is 3.72. The first-order valence-electron chi connectivity index (χ1n) is 7.02. The van der Waals surface area contributed by atoms with Gasteiger partial charge in [-0.25, -0.2) is 4.98 Å². The van der Waals surface area contributed by atoms with Gasteiger partial charge in [0.25, 0.3) is 0 Å². The maximum absolute atomic E-state index is 6.13. The van der Waals surface area contributed by atoms with Crippen LogP contribution in [0.3, 0.4) is 0 Å². The summed E-state index contributed by atoms with van der Waals surface area (Å²) in [5.41, 5.74) is 10.4. The number of hydrogen-bond donors (Lipinski definition) is 1. The number of para-hydroxylation sites is 1. The van der Waals surface area contributed by atoms with Crippen molar-refractivity contribution in [3.8, 4) is 11.3 Å². The number of benzene rings is 1. The molecule has 4 nitrogen and oxygen atoms in total. The zero-order chi connectivity index (χ0) is 13.7. The van der Waals surface area contributed by atoms with Gasteiger partial charge < -0.3 is 14.7 Å². The summed E-state index contributed by atoms with van der Waals surface area (Å²) < 4.78 is 7.94. The van der Waals surface area contributed by atoms with Crippen LogP contribution < -0.4 is 5.73 Å². The zero-order valence-electron chi connectivity index (χ0n) is 11.5. The highest BCUT2D eigenvalue weighted by molar-refractivity contribution is 5.93. The third-order valence-electron chi connectivity index (χ3n) is 4.18. The van der Waals surface area contributed by atoms with E-state index in [2.05, 4.69) is 17.6 Å². The normalized spacial score (nSPS) is 18.4. The lowest BCUT2D eigenvalue weighted by atomic mass is 10.0. The van der Waals surface area contributed by atoms with E-state index in [1.54, 1.807) is 0 Å². The maximum atomic E-state index is 6.13. The predicted octanol–water partition coefficient (Wildman–Crippen LogP) is 2.88. The van der Waals surface area contributed by atoms with E-state index in [0.29, 0.717) is 0 Å². The van der Waals surface area contributed by atoms with Crippen molar-refractivity contribution < 1.29 is 4.42 Å². The van der Waals surface area contributed by atoms with Crippen LogP contribution in [0.25, 0.3) is 22.2 Å². The topological polar surface area (TPSA) is 57.0 Å². The number of rotatable bonds is 1. The first-order valence-corrected chi connectivity index (χ1v) is 7.02. The molecule has 4 rings (SSSR count). The Bertz CT molecular complexity index is 784. The zero-order valence-corrected chi connectivity index (χ0v) is 11.5. The van der Waals surface area contributed by atoms with Crippen LogP contribution in [-0.4, -0.2) is 15.6 Å². The molecule has 2 N–H and O–H groups in total. The Morgan fingerprint density at radius 1 is 1.35 bits per heavy atom. The van der Waals surface area contributed by atoms with Crippen molar-refractivity contribution in [2.45, 2.75) is 32.4 Å². The fraction of sp³-hybridized carbons (Fsp3) is 0.312. The van der Waals surface area contributed by atoms with Gasteiger partial charge in [0.05, 0.1) is 5.69 Å². The monoisotopic (exact) mass is 267 g/mol. The summed E-state index contributed by atoms with van der Waals surface area (Å²) in [7, 11) is 0. The Morgan fingerprint density at radius 2 is 2.20 bits per heavy atom. The van der Waals surface area contributed by atoms with E-state index < -0.39 is 0 Å². The average Bonchev–Trinajstić information content (AvgIpc) is 3.00. The molecule has 0 radical (unpaired) electrons. The predicted molar refractivity (Wildman–Crippen MR) is 78.5 cm³/mol. The van der Waals surface area contributed by atoms with E-state index in [9.17, 15) is 0 Å². The molecule has 1 unspecified atom stereocenters. The summed E-state index contributed by atoms with van der Waals surface area (Å²) in [4.78, 5) is 4.77. The second-order valence-electron chi connectivity index (χ2n) is 5.50. The molecule has 0 aliphatic carbocycles. The first-order chi connectivity index (χ1) is 9.74. The number of furan rings is 1. The van der Waals surface area contributed by atoms with E-state index in [1.165, 1.54) is 5.69 Å². The van der Waals surface area contributed by atoms with Crippen LogP contribution in [0.2, 0.25) is 0 Å². The number of aryl methyl sites for hydroxylation is 1. The summed E-state index contributed by atoms with van der Waals surface area (Å²) in [5, 5.41) is 1.12. The van der Waals surface area contributed by atoms with Crippen LogP contribution in [0.1, 0.15) is 17.9 Å². The molecule has 1 aliphatic heterocycles. The van der Waals surface area contributed by atoms with Gasteiger partial charge in [-0.3, -0.25) is 0 Å². The molecule has 0 bridgehead atoms. The number of fused-ring (bicyclic) bond motifs is 2. The highest BCUT2D eigenvalue weighted by Gasteiger charge is 2.24. The Balaban J connectivity index is 1.95. The highest BCUT2D eigenvalue weighted by Crippen LogP contribution is 2.34. The Labute approximate surface area is 117 Å². The Hall–Kier alpha value is -2.07. The summed E-state index contributed by atoms with van der Waals surface area (Å²) >= 11 is 0. The molecule has 0 fully saturated rings. The smallest absolute Gasteiger partial charge is 0.134 e. The van der Waals surface area contributed by atoms with E-state index in [0.717, 1.165) is 47.4 Å². The number of imidazole rings is 1. The molecule has 1 aromatic carbocycles. The molecule has 0 spiro atoms. The quantitative estimate of drug-likeness (QED) is 0.737. The number of nitrogens with zero attached hydrogens (tertiary/aromatic N) is 2. The molecule has 3 heterocycles. The molecule has 2 aromatic heterocycles. The van der Waals surface area contributed by atoms with Gasteiger partial charge in [0.15, 0.2) is 0 Å². The summed E-state index contributed by atoms with van der Waals surface area (Å²) in [6.45, 7) is 3.03. The SMILES string of the molecule is Cc1nc(-c2coc3ccccc23)c2n1CCC(N)C2. The molecule has 0 saturated heterocycles. The Kier molecular flexibility index (Phi) is 2.47. The molecule has 1 atom stereocenters. The van der Waals surface area contributed by atoms with Crippen molar-refractivity contribution in [1.82, 2.24) is 9.55 Å². The lowest BCUT2D eigenvalue weighted by molar-refractivity contribution is 0.465. The lowest BCUT2D eigenvalue weighted by Crippen LogP contribution is -2.31. The second-order valence-corrected chi connectivity index (χ2v) is 5.50. The van der Waals surface area contributed by atoms with E-state index >= 15 is 0 Å². The molecule has 3 aromatic rings. The van der Waals surface area contributed by atoms with Crippen molar-refractivity contribution in [3.63, 3.8) is 0 Å². The van der Waals surface area contributed by atoms with Crippen LogP contribution >= 0.6 is 0 Å². The maximum Gasteiger partial charge on any atom is 0.134 e. The molecule has 102 valence electrons. The van der Waals surface area contributed by atoms with Crippen molar-refractivity contribution >= 4 is 11.0 Å². The molecule has 20 heavy (non-hydrogen) atoms. The van der Waals surface area contributed by atoms with Gasteiger partial charge in [0, 0.05) is 35.7 Å². The molecule has 1 aliphatic rings. The van der Waals surface area contributed by atoms with E-state index in [-0.39, 0.29) is 6.04 Å². The standard InChI is InChI=1S/C16H17N3O/c1-10-18-16(14-8-11(17)6-7-19(10)14)13-9-20-15-5-3-2-4-12(13)15/h2-5,9,11H,6-8,17H2,1H3. The number of nitrogens with two attached hydrogens (primary N) is 1. The summed E-state index contributed by atoms with van der Waals surface area (Å²) in [5.74, 6) is 1.06. The Morgan fingerprint density at radius 3 is 3.10 bits per heavy atom. The number of aromatic nitrogens is 2. The van der Waals surface area contributed by atoms with E-state index in [4.69, 9.17) is 15.1 Å². The van der Waals surface area contributed by atoms with Gasteiger partial charge in [0.1, 0.15) is 17.7 Å². The fourth-order valence-corrected chi connectivity index (χ4v) is 3.14. The van der Waals surface area contributed by atoms with Crippen LogP contribution in [0.15, 0.2) is 34.9 Å². The van der Waals surface area contributed by atoms with Crippen LogP contribution in [0, 0.1) is 6.92 Å². The van der Waals surface area contributed by atoms with E-state index in [1.807, 2.05) is 24.5 Å². The van der Waals surface area contributed by atoms with Crippen molar-refractivity contribution in [3.05, 3.63) is 42.0 Å². The second kappa shape index (κ2) is 4.21. The van der Waals surface area contributed by atoms with Crippen molar-refractivity contribution in [2.24, 2.45) is 5.73 Å². The minimum atomic E-state index is 0.232. The van der Waals surface area contributed by atoms with Crippen molar-refractivity contribution in [2.75, 3.05) is 0 Å². The molecule has 4 heteroatoms. The third kappa shape index (κ3) is 1.61. The van der Waals surface area contributed by atoms with Gasteiger partial charge in [0.2, 0.25) is 0 Å². The molecule has 0 saturated carbocycles. The largest absolute Gasteiger partial charge is 0.464 e. The lowest BCUT2D eigenvalue weighted by Gasteiger charge is -2.22. The summed E-state index contributed by atoms with van der Waals surface area (Å²) in [6, 6.07) is 8.32. The number of hydrogen-bond acceptors (Lipinski definition) is 3. The minimum absolute atomic E-state index is 0.232. The molecule has 0 amide bonds. The van der Waals surface area contributed by atoms with Gasteiger partial charge in [-0.2, -0.15) is 0 Å².